The second-order valence-corrected chi connectivity index (χ2v) is 5.19. The molecule has 0 spiro atoms. The zero-order chi connectivity index (χ0) is 14.0. The average Bonchev–Trinajstić information content (AvgIpc) is 2.79. The summed E-state index contributed by atoms with van der Waals surface area (Å²) in [6, 6.07) is 3.73. The maximum Gasteiger partial charge on any atom is 0.416 e. The quantitative estimate of drug-likeness (QED) is 0.779. The number of hydrogen-bond acceptors (Lipinski definition) is 3. The van der Waals surface area contributed by atoms with Crippen LogP contribution in [0.2, 0.25) is 5.15 Å². The number of alkyl halides is 3. The van der Waals surface area contributed by atoms with E-state index >= 15 is 0 Å². The van der Waals surface area contributed by atoms with Crippen molar-refractivity contribution in [1.29, 1.82) is 0 Å². The van der Waals surface area contributed by atoms with Crippen LogP contribution in [0.15, 0.2) is 29.0 Å². The van der Waals surface area contributed by atoms with Gasteiger partial charge in [0.25, 0.3) is 0 Å². The van der Waals surface area contributed by atoms with Crippen molar-refractivity contribution in [3.05, 3.63) is 45.2 Å². The lowest BCUT2D eigenvalue weighted by Gasteiger charge is -2.19. The van der Waals surface area contributed by atoms with Crippen LogP contribution in [0.25, 0.3) is 0 Å². The van der Waals surface area contributed by atoms with E-state index in [1.165, 1.54) is 11.3 Å². The van der Waals surface area contributed by atoms with Gasteiger partial charge in [0, 0.05) is 13.6 Å². The molecule has 19 heavy (non-hydrogen) atoms. The Labute approximate surface area is 117 Å². The van der Waals surface area contributed by atoms with Gasteiger partial charge < -0.3 is 4.90 Å². The molecule has 2 aromatic rings. The Hall–Kier alpha value is -1.27. The summed E-state index contributed by atoms with van der Waals surface area (Å²) in [7, 11) is 1.68. The average molecular weight is 307 g/mol. The molecule has 0 unspecified atom stereocenters. The number of pyridine rings is 1. The zero-order valence-corrected chi connectivity index (χ0v) is 11.5. The summed E-state index contributed by atoms with van der Waals surface area (Å²) < 4.78 is 38.1. The van der Waals surface area contributed by atoms with Crippen LogP contribution in [-0.2, 0) is 12.7 Å². The molecule has 0 aliphatic heterocycles. The van der Waals surface area contributed by atoms with Crippen molar-refractivity contribution in [2.75, 3.05) is 11.9 Å². The summed E-state index contributed by atoms with van der Waals surface area (Å²) >= 11 is 7.18. The van der Waals surface area contributed by atoms with E-state index in [0.29, 0.717) is 6.54 Å². The van der Waals surface area contributed by atoms with Gasteiger partial charge in [-0.05, 0) is 34.5 Å². The third kappa shape index (κ3) is 3.61. The van der Waals surface area contributed by atoms with Crippen molar-refractivity contribution in [3.8, 4) is 0 Å². The Bertz CT molecular complexity index is 555. The number of thiophene rings is 1. The Morgan fingerprint density at radius 1 is 1.37 bits per heavy atom. The van der Waals surface area contributed by atoms with E-state index in [4.69, 9.17) is 11.6 Å². The van der Waals surface area contributed by atoms with Gasteiger partial charge in [0.2, 0.25) is 0 Å². The molecule has 0 N–H and O–H groups in total. The fraction of sp³-hybridized carbons (Fsp3) is 0.250. The molecule has 0 atom stereocenters. The molecule has 0 saturated carbocycles. The number of halogens is 4. The van der Waals surface area contributed by atoms with Crippen LogP contribution in [0.4, 0.5) is 19.0 Å². The van der Waals surface area contributed by atoms with Gasteiger partial charge in [-0.25, -0.2) is 4.98 Å². The molecular weight excluding hydrogens is 297 g/mol. The third-order valence-electron chi connectivity index (χ3n) is 2.50. The lowest BCUT2D eigenvalue weighted by atomic mass is 10.2. The van der Waals surface area contributed by atoms with E-state index in [9.17, 15) is 13.2 Å². The fourth-order valence-electron chi connectivity index (χ4n) is 1.58. The van der Waals surface area contributed by atoms with Crippen molar-refractivity contribution < 1.29 is 13.2 Å². The first-order valence-electron chi connectivity index (χ1n) is 5.33. The second kappa shape index (κ2) is 5.38. The SMILES string of the molecule is CN(Cc1ccsc1)c1cc(C(F)(F)F)cc(Cl)n1. The van der Waals surface area contributed by atoms with Gasteiger partial charge in [-0.2, -0.15) is 24.5 Å². The fourth-order valence-corrected chi connectivity index (χ4v) is 2.44. The van der Waals surface area contributed by atoms with Gasteiger partial charge in [-0.15, -0.1) is 0 Å². The minimum absolute atomic E-state index is 0.165. The second-order valence-electron chi connectivity index (χ2n) is 4.02. The first-order valence-corrected chi connectivity index (χ1v) is 6.65. The summed E-state index contributed by atoms with van der Waals surface area (Å²) in [5, 5.41) is 3.68. The van der Waals surface area contributed by atoms with Crippen LogP contribution in [0.1, 0.15) is 11.1 Å². The van der Waals surface area contributed by atoms with Gasteiger partial charge in [-0.1, -0.05) is 11.6 Å². The van der Waals surface area contributed by atoms with E-state index < -0.39 is 11.7 Å². The third-order valence-corrected chi connectivity index (χ3v) is 3.42. The molecule has 0 amide bonds. The maximum atomic E-state index is 12.7. The van der Waals surface area contributed by atoms with Gasteiger partial charge in [0.1, 0.15) is 11.0 Å². The predicted octanol–water partition coefficient (Wildman–Crippen LogP) is 4.45. The van der Waals surface area contributed by atoms with Crippen LogP contribution >= 0.6 is 22.9 Å². The number of nitrogens with zero attached hydrogens (tertiary/aromatic N) is 2. The minimum Gasteiger partial charge on any atom is -0.355 e. The first-order chi connectivity index (χ1) is 8.86. The van der Waals surface area contributed by atoms with Crippen molar-refractivity contribution in [2.45, 2.75) is 12.7 Å². The number of rotatable bonds is 3. The van der Waals surface area contributed by atoms with Crippen LogP contribution in [0.3, 0.4) is 0 Å². The lowest BCUT2D eigenvalue weighted by molar-refractivity contribution is -0.137. The summed E-state index contributed by atoms with van der Waals surface area (Å²) in [6.07, 6.45) is -4.43. The largest absolute Gasteiger partial charge is 0.416 e. The molecule has 0 aliphatic carbocycles. The number of anilines is 1. The Kier molecular flexibility index (Phi) is 4.01. The maximum absolute atomic E-state index is 12.7. The van der Waals surface area contributed by atoms with E-state index in [-0.39, 0.29) is 11.0 Å². The molecule has 2 heterocycles. The normalized spacial score (nSPS) is 11.6. The highest BCUT2D eigenvalue weighted by atomic mass is 35.5. The summed E-state index contributed by atoms with van der Waals surface area (Å²) in [5.74, 6) is 0.200. The molecule has 0 radical (unpaired) electrons. The van der Waals surface area contributed by atoms with Crippen LogP contribution < -0.4 is 4.90 Å². The van der Waals surface area contributed by atoms with E-state index in [0.717, 1.165) is 17.7 Å². The van der Waals surface area contributed by atoms with Crippen molar-refractivity contribution in [3.63, 3.8) is 0 Å². The molecule has 0 aromatic carbocycles. The topological polar surface area (TPSA) is 16.1 Å². The van der Waals surface area contributed by atoms with E-state index in [1.54, 1.807) is 11.9 Å². The van der Waals surface area contributed by atoms with Crippen LogP contribution in [0.5, 0.6) is 0 Å². The molecule has 0 bridgehead atoms. The highest BCUT2D eigenvalue weighted by Crippen LogP contribution is 2.32. The van der Waals surface area contributed by atoms with Crippen LogP contribution in [0, 0.1) is 0 Å². The van der Waals surface area contributed by atoms with Crippen molar-refractivity contribution >= 4 is 28.8 Å². The lowest BCUT2D eigenvalue weighted by Crippen LogP contribution is -2.18. The summed E-state index contributed by atoms with van der Waals surface area (Å²) in [6.45, 7) is 0.480. The Morgan fingerprint density at radius 3 is 2.68 bits per heavy atom. The standard InChI is InChI=1S/C12H10ClF3N2S/c1-18(6-8-2-3-19-7-8)11-5-9(12(14,15)16)4-10(13)17-11/h2-5,7H,6H2,1H3. The van der Waals surface area contributed by atoms with Gasteiger partial charge in [-0.3, -0.25) is 0 Å². The van der Waals surface area contributed by atoms with E-state index in [2.05, 4.69) is 4.98 Å². The summed E-state index contributed by atoms with van der Waals surface area (Å²) in [5.41, 5.74) is 0.225. The molecule has 0 fully saturated rings. The van der Waals surface area contributed by atoms with Crippen LogP contribution in [-0.4, -0.2) is 12.0 Å². The molecule has 0 aliphatic rings. The zero-order valence-electron chi connectivity index (χ0n) is 9.91. The monoisotopic (exact) mass is 306 g/mol. The predicted molar refractivity (Wildman–Crippen MR) is 70.7 cm³/mol. The van der Waals surface area contributed by atoms with Gasteiger partial charge in [0.05, 0.1) is 5.56 Å². The Balaban J connectivity index is 2.26. The van der Waals surface area contributed by atoms with Crippen molar-refractivity contribution in [1.82, 2.24) is 4.98 Å². The first kappa shape index (κ1) is 14.1. The Morgan fingerprint density at radius 2 is 2.11 bits per heavy atom. The minimum atomic E-state index is -4.43. The molecule has 102 valence electrons. The van der Waals surface area contributed by atoms with Gasteiger partial charge >= 0.3 is 6.18 Å². The number of hydrogen-bond donors (Lipinski definition) is 0. The van der Waals surface area contributed by atoms with Crippen molar-refractivity contribution in [2.24, 2.45) is 0 Å². The molecule has 7 heteroatoms. The highest BCUT2D eigenvalue weighted by molar-refractivity contribution is 7.07. The summed E-state index contributed by atoms with van der Waals surface area (Å²) in [4.78, 5) is 5.55. The molecule has 2 aromatic heterocycles. The molecule has 2 rings (SSSR count). The molecule has 0 saturated heterocycles. The molecular formula is C12H10ClF3N2S. The molecule has 2 nitrogen and oxygen atoms in total. The number of aromatic nitrogens is 1. The highest BCUT2D eigenvalue weighted by Gasteiger charge is 2.31. The van der Waals surface area contributed by atoms with Gasteiger partial charge in [0.15, 0.2) is 0 Å². The smallest absolute Gasteiger partial charge is 0.355 e. The van der Waals surface area contributed by atoms with E-state index in [1.807, 2.05) is 16.8 Å².